The minimum absolute atomic E-state index is 0.149. The van der Waals surface area contributed by atoms with E-state index in [9.17, 15) is 9.59 Å². The number of carbonyl (C=O) groups excluding carboxylic acids is 1. The van der Waals surface area contributed by atoms with Crippen molar-refractivity contribution in [3.63, 3.8) is 0 Å². The van der Waals surface area contributed by atoms with Crippen LogP contribution in [0.25, 0.3) is 0 Å². The Morgan fingerprint density at radius 3 is 0.606 bits per heavy atom. The first-order chi connectivity index (χ1) is 32.7. The van der Waals surface area contributed by atoms with E-state index < -0.39 is 5.97 Å². The number of unbranched alkanes of at least 4 members (excludes halogenated alkanes) is 51. The second kappa shape index (κ2) is 54.1. The Kier molecular flexibility index (Phi) is 51.0. The van der Waals surface area contributed by atoms with Crippen LogP contribution in [0.4, 0.5) is 5.69 Å². The Hall–Kier alpha value is -1.84. The quantitative estimate of drug-likeness (QED) is 0.0640. The molecule has 0 aromatic heterocycles. The Labute approximate surface area is 413 Å². The highest BCUT2D eigenvalue weighted by Gasteiger charge is 2.03. The summed E-state index contributed by atoms with van der Waals surface area (Å²) in [5, 5.41) is 11.7. The van der Waals surface area contributed by atoms with Gasteiger partial charge in [0.1, 0.15) is 0 Å². The highest BCUT2D eigenvalue weighted by molar-refractivity contribution is 5.90. The van der Waals surface area contributed by atoms with Crippen molar-refractivity contribution in [2.24, 2.45) is 0 Å². The van der Waals surface area contributed by atoms with Gasteiger partial charge in [-0.3, -0.25) is 9.59 Å². The number of nitrogens with one attached hydrogen (secondary N) is 1. The molecule has 0 fully saturated rings. The number of amides is 1. The van der Waals surface area contributed by atoms with E-state index in [1.807, 2.05) is 30.3 Å². The fourth-order valence-electron chi connectivity index (χ4n) is 10.1. The van der Waals surface area contributed by atoms with Crippen molar-refractivity contribution < 1.29 is 14.7 Å². The third-order valence-corrected chi connectivity index (χ3v) is 14.6. The number of benzene rings is 1. The molecular weight excluding hydrogens is 807 g/mol. The molecule has 66 heavy (non-hydrogen) atoms. The number of hydrogen-bond acceptors (Lipinski definition) is 2. The maximum atomic E-state index is 12.0. The molecule has 386 valence electrons. The summed E-state index contributed by atoms with van der Waals surface area (Å²) in [6, 6.07) is 9.79. The summed E-state index contributed by atoms with van der Waals surface area (Å²) >= 11 is 0. The number of carboxylic acids is 1. The van der Waals surface area contributed by atoms with Crippen molar-refractivity contribution in [2.75, 3.05) is 5.32 Å². The van der Waals surface area contributed by atoms with E-state index in [0.29, 0.717) is 12.8 Å². The van der Waals surface area contributed by atoms with Gasteiger partial charge in [-0.1, -0.05) is 339 Å². The Balaban J connectivity index is 1.60. The fourth-order valence-corrected chi connectivity index (χ4v) is 10.1. The predicted molar refractivity (Wildman–Crippen MR) is 292 cm³/mol. The second-order valence-electron chi connectivity index (χ2n) is 21.2. The van der Waals surface area contributed by atoms with Crippen LogP contribution in [-0.2, 0) is 9.59 Å². The second-order valence-corrected chi connectivity index (χ2v) is 21.2. The number of anilines is 1. The maximum absolute atomic E-state index is 12.0. The van der Waals surface area contributed by atoms with Crippen molar-refractivity contribution in [3.8, 4) is 0 Å². The monoisotopic (exact) mass is 922 g/mol. The number of aliphatic carboxylic acids is 1. The van der Waals surface area contributed by atoms with Crippen LogP contribution in [-0.4, -0.2) is 17.0 Å². The van der Waals surface area contributed by atoms with Gasteiger partial charge in [0.2, 0.25) is 5.91 Å². The number of para-hydroxylation sites is 1. The van der Waals surface area contributed by atoms with Crippen LogP contribution in [0.15, 0.2) is 30.3 Å². The van der Waals surface area contributed by atoms with Crippen molar-refractivity contribution in [3.05, 3.63) is 30.3 Å². The number of rotatable bonds is 56. The molecule has 0 atom stereocenters. The normalized spacial score (nSPS) is 11.5. The minimum Gasteiger partial charge on any atom is -0.481 e. The third kappa shape index (κ3) is 51.5. The standard InChI is InChI=1S/C62H115NO3/c64-61(63-60-56-52-51-53-57-60)58-54-49-47-45-43-41-39-37-35-33-31-29-27-25-23-21-19-17-15-13-11-9-7-5-3-1-2-4-6-8-10-12-14-16-18-20-22-24-26-28-30-32-34-36-38-40-42-44-46-48-50-55-59-62(65)66/h51-53,56-57H,1-50,54-55,58-59H2,(H,63,64)(H,65,66). The van der Waals surface area contributed by atoms with Crippen LogP contribution < -0.4 is 5.32 Å². The summed E-state index contributed by atoms with van der Waals surface area (Å²) < 4.78 is 0. The molecule has 0 unspecified atom stereocenters. The van der Waals surface area contributed by atoms with E-state index >= 15 is 0 Å². The molecule has 4 heteroatoms. The van der Waals surface area contributed by atoms with Gasteiger partial charge in [-0.05, 0) is 25.0 Å². The van der Waals surface area contributed by atoms with Gasteiger partial charge in [0.25, 0.3) is 0 Å². The summed E-state index contributed by atoms with van der Waals surface area (Å²) in [6.45, 7) is 0. The summed E-state index contributed by atoms with van der Waals surface area (Å²) in [7, 11) is 0. The molecule has 0 saturated carbocycles. The lowest BCUT2D eigenvalue weighted by Gasteiger charge is -2.05. The van der Waals surface area contributed by atoms with E-state index in [2.05, 4.69) is 5.32 Å². The van der Waals surface area contributed by atoms with Gasteiger partial charge in [0.05, 0.1) is 0 Å². The maximum Gasteiger partial charge on any atom is 0.303 e. The van der Waals surface area contributed by atoms with Gasteiger partial charge in [-0.15, -0.1) is 0 Å². The van der Waals surface area contributed by atoms with Gasteiger partial charge in [0.15, 0.2) is 0 Å². The first kappa shape index (κ1) is 62.2. The smallest absolute Gasteiger partial charge is 0.303 e. The molecule has 0 aliphatic carbocycles. The highest BCUT2D eigenvalue weighted by atomic mass is 16.4. The molecule has 0 bridgehead atoms. The zero-order valence-electron chi connectivity index (χ0n) is 44.3. The van der Waals surface area contributed by atoms with Crippen LogP contribution in [0.1, 0.15) is 347 Å². The van der Waals surface area contributed by atoms with Crippen LogP contribution in [0, 0.1) is 0 Å². The van der Waals surface area contributed by atoms with Crippen LogP contribution in [0.3, 0.4) is 0 Å². The Morgan fingerprint density at radius 1 is 0.258 bits per heavy atom. The van der Waals surface area contributed by atoms with Gasteiger partial charge in [-0.2, -0.15) is 0 Å². The molecule has 0 radical (unpaired) electrons. The van der Waals surface area contributed by atoms with Gasteiger partial charge in [0, 0.05) is 18.5 Å². The number of carboxylic acid groups (broad SMARTS) is 1. The highest BCUT2D eigenvalue weighted by Crippen LogP contribution is 2.19. The molecular formula is C62H115NO3. The lowest BCUT2D eigenvalue weighted by atomic mass is 10.0. The van der Waals surface area contributed by atoms with E-state index in [1.165, 1.54) is 315 Å². The van der Waals surface area contributed by atoms with E-state index in [4.69, 9.17) is 5.11 Å². The Morgan fingerprint density at radius 2 is 0.424 bits per heavy atom. The topological polar surface area (TPSA) is 66.4 Å². The van der Waals surface area contributed by atoms with Crippen LogP contribution >= 0.6 is 0 Å². The first-order valence-electron chi connectivity index (χ1n) is 30.2. The van der Waals surface area contributed by atoms with E-state index in [1.54, 1.807) is 0 Å². The molecule has 1 amide bonds. The van der Waals surface area contributed by atoms with Crippen LogP contribution in [0.5, 0.6) is 0 Å². The fraction of sp³-hybridized carbons (Fsp3) is 0.871. The largest absolute Gasteiger partial charge is 0.481 e. The zero-order valence-corrected chi connectivity index (χ0v) is 44.3. The van der Waals surface area contributed by atoms with Gasteiger partial charge in [-0.25, -0.2) is 0 Å². The lowest BCUT2D eigenvalue weighted by Crippen LogP contribution is -2.10. The minimum atomic E-state index is -0.648. The van der Waals surface area contributed by atoms with E-state index in [-0.39, 0.29) is 5.91 Å². The van der Waals surface area contributed by atoms with Crippen molar-refractivity contribution in [1.29, 1.82) is 0 Å². The van der Waals surface area contributed by atoms with Crippen molar-refractivity contribution in [1.82, 2.24) is 0 Å². The summed E-state index contributed by atoms with van der Waals surface area (Å²) in [4.78, 5) is 22.6. The van der Waals surface area contributed by atoms with E-state index in [0.717, 1.165) is 24.9 Å². The Bertz CT molecular complexity index is 1090. The summed E-state index contributed by atoms with van der Waals surface area (Å²) in [5.74, 6) is -0.499. The molecule has 0 spiro atoms. The summed E-state index contributed by atoms with van der Waals surface area (Å²) in [5.41, 5.74) is 0.905. The molecule has 1 aromatic carbocycles. The molecule has 0 saturated heterocycles. The third-order valence-electron chi connectivity index (χ3n) is 14.6. The number of carbonyl (C=O) groups is 2. The number of hydrogen-bond donors (Lipinski definition) is 2. The SMILES string of the molecule is O=C(O)CCCCCCCCCCCCCCCCCCCCCCCCCCCCCCCCCCCCCCCCCCCCCCCCCCCCCCC(=O)Nc1ccccc1. The first-order valence-corrected chi connectivity index (χ1v) is 30.2. The summed E-state index contributed by atoms with van der Waals surface area (Å²) in [6.07, 6.45) is 74.1. The van der Waals surface area contributed by atoms with Crippen molar-refractivity contribution in [2.45, 2.75) is 347 Å². The molecule has 4 nitrogen and oxygen atoms in total. The molecule has 0 aliphatic rings. The molecule has 1 aromatic rings. The average molecular weight is 923 g/mol. The van der Waals surface area contributed by atoms with Crippen molar-refractivity contribution >= 4 is 17.6 Å². The zero-order chi connectivity index (χ0) is 47.2. The lowest BCUT2D eigenvalue weighted by molar-refractivity contribution is -0.137. The molecule has 2 N–H and O–H groups in total. The molecule has 1 rings (SSSR count). The van der Waals surface area contributed by atoms with Gasteiger partial charge >= 0.3 is 5.97 Å². The predicted octanol–water partition coefficient (Wildman–Crippen LogP) is 21.8. The van der Waals surface area contributed by atoms with Crippen LogP contribution in [0.2, 0.25) is 0 Å². The molecule has 0 aliphatic heterocycles. The molecule has 0 heterocycles. The average Bonchev–Trinajstić information content (AvgIpc) is 3.32. The van der Waals surface area contributed by atoms with Gasteiger partial charge < -0.3 is 10.4 Å².